The van der Waals surface area contributed by atoms with Crippen LogP contribution in [0.15, 0.2) is 82.7 Å². The topological polar surface area (TPSA) is 34.9 Å². The van der Waals surface area contributed by atoms with Crippen LogP contribution in [-0.4, -0.2) is 9.55 Å². The molecule has 1 heterocycles. The first kappa shape index (κ1) is 18.1. The zero-order valence-corrected chi connectivity index (χ0v) is 16.4. The molecule has 0 saturated heterocycles. The Morgan fingerprint density at radius 2 is 1.63 bits per heavy atom. The van der Waals surface area contributed by atoms with E-state index in [1.54, 1.807) is 16.7 Å². The van der Waals surface area contributed by atoms with Crippen molar-refractivity contribution in [2.75, 3.05) is 0 Å². The Balaban J connectivity index is 1.80. The van der Waals surface area contributed by atoms with Crippen LogP contribution in [0.2, 0.25) is 10.0 Å². The third-order valence-corrected chi connectivity index (χ3v) is 5.86. The lowest BCUT2D eigenvalue weighted by molar-refractivity contribution is 0.819. The average molecular weight is 413 g/mol. The third-order valence-electron chi connectivity index (χ3n) is 4.11. The standard InChI is InChI=1S/C21H14Cl2N2OS/c22-17-11-10-14(12-18(17)23)13-27-21-24-19-9-5-4-8-16(19)20(26)25(21)15-6-2-1-3-7-15/h1-12H,13H2. The smallest absolute Gasteiger partial charge is 0.266 e. The molecule has 0 spiro atoms. The second kappa shape index (κ2) is 7.77. The molecule has 0 aliphatic rings. The van der Waals surface area contributed by atoms with Gasteiger partial charge in [-0.1, -0.05) is 71.4 Å². The van der Waals surface area contributed by atoms with Gasteiger partial charge in [0, 0.05) is 5.75 Å². The van der Waals surface area contributed by atoms with Crippen LogP contribution in [0.25, 0.3) is 16.6 Å². The number of benzene rings is 3. The lowest BCUT2D eigenvalue weighted by Gasteiger charge is -2.13. The Bertz CT molecular complexity index is 1180. The van der Waals surface area contributed by atoms with Crippen molar-refractivity contribution in [1.82, 2.24) is 9.55 Å². The molecule has 0 bridgehead atoms. The van der Waals surface area contributed by atoms with E-state index in [1.807, 2.05) is 60.7 Å². The van der Waals surface area contributed by atoms with Crippen LogP contribution in [0.4, 0.5) is 0 Å². The highest BCUT2D eigenvalue weighted by Gasteiger charge is 2.13. The van der Waals surface area contributed by atoms with E-state index in [2.05, 4.69) is 0 Å². The van der Waals surface area contributed by atoms with Gasteiger partial charge in [-0.3, -0.25) is 9.36 Å². The number of thioether (sulfide) groups is 1. The van der Waals surface area contributed by atoms with Gasteiger partial charge in [-0.15, -0.1) is 0 Å². The molecular weight excluding hydrogens is 399 g/mol. The normalized spacial score (nSPS) is 11.0. The Morgan fingerprint density at radius 1 is 0.889 bits per heavy atom. The SMILES string of the molecule is O=c1c2ccccc2nc(SCc2ccc(Cl)c(Cl)c2)n1-c1ccccc1. The number of hydrogen-bond donors (Lipinski definition) is 0. The highest BCUT2D eigenvalue weighted by molar-refractivity contribution is 7.98. The van der Waals surface area contributed by atoms with Crippen molar-refractivity contribution in [3.8, 4) is 5.69 Å². The number of halogens is 2. The molecule has 0 aliphatic heterocycles. The lowest BCUT2D eigenvalue weighted by Crippen LogP contribution is -2.21. The van der Waals surface area contributed by atoms with Crippen LogP contribution in [0, 0.1) is 0 Å². The Hall–Kier alpha value is -2.27. The Morgan fingerprint density at radius 3 is 2.41 bits per heavy atom. The first-order chi connectivity index (χ1) is 13.1. The molecule has 27 heavy (non-hydrogen) atoms. The monoisotopic (exact) mass is 412 g/mol. The first-order valence-corrected chi connectivity index (χ1v) is 10.0. The molecule has 4 rings (SSSR count). The molecule has 0 amide bonds. The lowest BCUT2D eigenvalue weighted by atomic mass is 10.2. The van der Waals surface area contributed by atoms with E-state index in [0.717, 1.165) is 11.3 Å². The van der Waals surface area contributed by atoms with Gasteiger partial charge in [0.15, 0.2) is 5.16 Å². The summed E-state index contributed by atoms with van der Waals surface area (Å²) in [5, 5.41) is 2.27. The zero-order chi connectivity index (χ0) is 18.8. The van der Waals surface area contributed by atoms with Crippen molar-refractivity contribution in [1.29, 1.82) is 0 Å². The molecule has 1 aromatic heterocycles. The summed E-state index contributed by atoms with van der Waals surface area (Å²) in [6, 6.07) is 22.5. The fraction of sp³-hybridized carbons (Fsp3) is 0.0476. The number of nitrogens with zero attached hydrogens (tertiary/aromatic N) is 2. The summed E-state index contributed by atoms with van der Waals surface area (Å²) >= 11 is 13.6. The van der Waals surface area contributed by atoms with E-state index < -0.39 is 0 Å². The number of hydrogen-bond acceptors (Lipinski definition) is 3. The molecule has 3 aromatic carbocycles. The van der Waals surface area contributed by atoms with Gasteiger partial charge < -0.3 is 0 Å². The number of aromatic nitrogens is 2. The number of rotatable bonds is 4. The molecule has 0 unspecified atom stereocenters. The van der Waals surface area contributed by atoms with Crippen LogP contribution in [0.5, 0.6) is 0 Å². The maximum Gasteiger partial charge on any atom is 0.266 e. The van der Waals surface area contributed by atoms with Crippen LogP contribution in [0.3, 0.4) is 0 Å². The van der Waals surface area contributed by atoms with Crippen LogP contribution < -0.4 is 5.56 Å². The minimum Gasteiger partial charge on any atom is -0.268 e. The summed E-state index contributed by atoms with van der Waals surface area (Å²) in [7, 11) is 0. The fourth-order valence-corrected chi connectivity index (χ4v) is 4.07. The first-order valence-electron chi connectivity index (χ1n) is 8.27. The van der Waals surface area contributed by atoms with E-state index in [4.69, 9.17) is 28.2 Å². The van der Waals surface area contributed by atoms with Crippen LogP contribution in [-0.2, 0) is 5.75 Å². The molecule has 4 aromatic rings. The fourth-order valence-electron chi connectivity index (χ4n) is 2.79. The Kier molecular flexibility index (Phi) is 5.21. The van der Waals surface area contributed by atoms with Gasteiger partial charge in [0.1, 0.15) is 0 Å². The third kappa shape index (κ3) is 3.74. The molecule has 3 nitrogen and oxygen atoms in total. The summed E-state index contributed by atoms with van der Waals surface area (Å²) < 4.78 is 1.66. The molecule has 0 aliphatic carbocycles. The summed E-state index contributed by atoms with van der Waals surface area (Å²) in [4.78, 5) is 17.9. The van der Waals surface area contributed by atoms with Gasteiger partial charge in [0.2, 0.25) is 0 Å². The molecule has 0 radical (unpaired) electrons. The van der Waals surface area contributed by atoms with Crippen LogP contribution in [0.1, 0.15) is 5.56 Å². The maximum atomic E-state index is 13.1. The summed E-state index contributed by atoms with van der Waals surface area (Å²) in [6.07, 6.45) is 0. The van der Waals surface area contributed by atoms with Gasteiger partial charge in [0.05, 0.1) is 26.6 Å². The van der Waals surface area contributed by atoms with Crippen molar-refractivity contribution in [3.05, 3.63) is 98.8 Å². The molecule has 0 N–H and O–H groups in total. The summed E-state index contributed by atoms with van der Waals surface area (Å²) in [5.74, 6) is 0.620. The molecule has 6 heteroatoms. The predicted octanol–water partition coefficient (Wildman–Crippen LogP) is 5.98. The van der Waals surface area contributed by atoms with E-state index >= 15 is 0 Å². The average Bonchev–Trinajstić information content (AvgIpc) is 2.70. The minimum absolute atomic E-state index is 0.0801. The molecule has 0 atom stereocenters. The van der Waals surface area contributed by atoms with Crippen molar-refractivity contribution >= 4 is 45.9 Å². The van der Waals surface area contributed by atoms with Crippen molar-refractivity contribution in [2.24, 2.45) is 0 Å². The second-order valence-corrected chi connectivity index (χ2v) is 7.68. The maximum absolute atomic E-state index is 13.1. The molecular formula is C21H14Cl2N2OS. The van der Waals surface area contributed by atoms with Gasteiger partial charge in [-0.2, -0.15) is 0 Å². The van der Waals surface area contributed by atoms with Gasteiger partial charge >= 0.3 is 0 Å². The van der Waals surface area contributed by atoms with Crippen molar-refractivity contribution in [3.63, 3.8) is 0 Å². The quantitative estimate of drug-likeness (QED) is 0.305. The van der Waals surface area contributed by atoms with E-state index in [9.17, 15) is 4.79 Å². The van der Waals surface area contributed by atoms with E-state index in [-0.39, 0.29) is 5.56 Å². The van der Waals surface area contributed by atoms with Gasteiger partial charge in [-0.05, 0) is 42.0 Å². The highest BCUT2D eigenvalue weighted by atomic mass is 35.5. The number of para-hydroxylation sites is 2. The largest absolute Gasteiger partial charge is 0.268 e. The van der Waals surface area contributed by atoms with Gasteiger partial charge in [0.25, 0.3) is 5.56 Å². The summed E-state index contributed by atoms with van der Waals surface area (Å²) in [6.45, 7) is 0. The van der Waals surface area contributed by atoms with Crippen molar-refractivity contribution < 1.29 is 0 Å². The molecule has 0 fully saturated rings. The zero-order valence-electron chi connectivity index (χ0n) is 14.1. The highest BCUT2D eigenvalue weighted by Crippen LogP contribution is 2.28. The summed E-state index contributed by atoms with van der Waals surface area (Å²) in [5.41, 5.74) is 2.41. The molecule has 134 valence electrons. The number of fused-ring (bicyclic) bond motifs is 1. The van der Waals surface area contributed by atoms with Crippen molar-refractivity contribution in [2.45, 2.75) is 10.9 Å². The predicted molar refractivity (Wildman–Crippen MR) is 113 cm³/mol. The van der Waals surface area contributed by atoms with Gasteiger partial charge in [-0.25, -0.2) is 4.98 Å². The molecule has 0 saturated carbocycles. The second-order valence-electron chi connectivity index (χ2n) is 5.92. The van der Waals surface area contributed by atoms with E-state index in [0.29, 0.717) is 31.9 Å². The van der Waals surface area contributed by atoms with E-state index in [1.165, 1.54) is 11.8 Å². The minimum atomic E-state index is -0.0801. The van der Waals surface area contributed by atoms with Crippen LogP contribution >= 0.6 is 35.0 Å². The Labute approximate surface area is 170 Å².